The Balaban J connectivity index is 0.000000364. The van der Waals surface area contributed by atoms with E-state index < -0.39 is 0 Å². The molecule has 0 spiro atoms. The Morgan fingerprint density at radius 1 is 0.525 bits per heavy atom. The summed E-state index contributed by atoms with van der Waals surface area (Å²) in [4.78, 5) is 4.65. The van der Waals surface area contributed by atoms with Gasteiger partial charge in [-0.1, -0.05) is 60.7 Å². The average molecular weight is 687 g/mol. The summed E-state index contributed by atoms with van der Waals surface area (Å²) in [5.41, 5.74) is 2.05. The van der Waals surface area contributed by atoms with Crippen molar-refractivity contribution in [2.24, 2.45) is 0 Å². The molecule has 6 nitrogen and oxygen atoms in total. The van der Waals surface area contributed by atoms with Crippen molar-refractivity contribution in [3.63, 3.8) is 0 Å². The van der Waals surface area contributed by atoms with E-state index in [1.807, 2.05) is 36.4 Å². The number of hydrogen-bond acceptors (Lipinski definition) is 6. The Morgan fingerprint density at radius 2 is 0.875 bits per heavy atom. The van der Waals surface area contributed by atoms with E-state index in [4.69, 9.17) is 9.47 Å². The fraction of sp³-hybridized carbons (Fsp3) is 0.333. The molecule has 0 atom stereocenters. The molecule has 2 N–H and O–H groups in total. The standard InChI is InChI=1S/2C15H17NO2.2ClH.2Cu/c2*17-15-6-5-12-3-1-2-4-13(12)14(15)11-16-7-9-18-10-8-16;;;;/h2*1-6,17H,7-11H2;2*1H;;/q;;;;2*+2. The van der Waals surface area contributed by atoms with Crippen molar-refractivity contribution in [2.75, 3.05) is 52.6 Å². The topological polar surface area (TPSA) is 65.4 Å². The van der Waals surface area contributed by atoms with E-state index in [9.17, 15) is 10.2 Å². The fourth-order valence-electron chi connectivity index (χ4n) is 4.95. The normalized spacial score (nSPS) is 15.4. The van der Waals surface area contributed by atoms with Gasteiger partial charge in [-0.2, -0.15) is 0 Å². The molecule has 2 aliphatic heterocycles. The number of halogens is 2. The number of fused-ring (bicyclic) bond motifs is 2. The fourth-order valence-corrected chi connectivity index (χ4v) is 4.95. The summed E-state index contributed by atoms with van der Waals surface area (Å²) in [5, 5.41) is 24.8. The van der Waals surface area contributed by atoms with Gasteiger partial charge in [0.05, 0.1) is 26.4 Å². The molecule has 2 saturated heterocycles. The summed E-state index contributed by atoms with van der Waals surface area (Å²) in [7, 11) is 0. The second-order valence-corrected chi connectivity index (χ2v) is 9.35. The molecular formula is C30H36Cl2Cu2N2O4+4. The first-order chi connectivity index (χ1) is 17.7. The van der Waals surface area contributed by atoms with Crippen LogP contribution in [0.2, 0.25) is 0 Å². The van der Waals surface area contributed by atoms with E-state index in [0.717, 1.165) is 87.6 Å². The zero-order valence-corrected chi connectivity index (χ0v) is 25.5. The van der Waals surface area contributed by atoms with E-state index in [1.54, 1.807) is 12.1 Å². The van der Waals surface area contributed by atoms with Gasteiger partial charge < -0.3 is 19.7 Å². The van der Waals surface area contributed by atoms with Gasteiger partial charge in [0.2, 0.25) is 0 Å². The SMILES string of the molecule is Cl.Cl.Oc1ccc2ccccc2c1CN1CCOCC1.Oc1ccc2ccccc2c1CN1CCOCC1.[Cu+2].[Cu+2]. The zero-order chi connectivity index (χ0) is 24.7. The van der Waals surface area contributed by atoms with Crippen molar-refractivity contribution in [1.82, 2.24) is 9.80 Å². The minimum Gasteiger partial charge on any atom is -0.508 e. The Hall–Kier alpha value is -1.54. The van der Waals surface area contributed by atoms with Gasteiger partial charge in [0, 0.05) is 50.4 Å². The summed E-state index contributed by atoms with van der Waals surface area (Å²) in [6.45, 7) is 8.44. The molecular weight excluding hydrogens is 650 g/mol. The third-order valence-electron chi connectivity index (χ3n) is 7.00. The molecule has 0 aliphatic carbocycles. The van der Waals surface area contributed by atoms with Crippen LogP contribution >= 0.6 is 24.8 Å². The van der Waals surface area contributed by atoms with Gasteiger partial charge in [0.1, 0.15) is 11.5 Å². The van der Waals surface area contributed by atoms with Gasteiger partial charge in [-0.3, -0.25) is 9.80 Å². The second-order valence-electron chi connectivity index (χ2n) is 9.35. The Bertz CT molecular complexity index is 1220. The Morgan fingerprint density at radius 3 is 1.25 bits per heavy atom. The smallest absolute Gasteiger partial charge is 0.508 e. The van der Waals surface area contributed by atoms with Crippen LogP contribution in [0.1, 0.15) is 11.1 Å². The first-order valence-electron chi connectivity index (χ1n) is 12.7. The molecule has 4 aromatic carbocycles. The van der Waals surface area contributed by atoms with Gasteiger partial charge in [-0.15, -0.1) is 24.8 Å². The number of ether oxygens (including phenoxy) is 2. The second kappa shape index (κ2) is 18.1. The van der Waals surface area contributed by atoms with E-state index in [-0.39, 0.29) is 59.0 Å². The molecule has 2 heterocycles. The summed E-state index contributed by atoms with van der Waals surface area (Å²) in [5.74, 6) is 0.778. The third kappa shape index (κ3) is 9.23. The van der Waals surface area contributed by atoms with Crippen molar-refractivity contribution >= 4 is 46.4 Å². The van der Waals surface area contributed by atoms with Crippen LogP contribution in [0.15, 0.2) is 72.8 Å². The van der Waals surface area contributed by atoms with Gasteiger partial charge in [0.25, 0.3) is 0 Å². The zero-order valence-electron chi connectivity index (χ0n) is 22.0. The number of phenols is 2. The van der Waals surface area contributed by atoms with Gasteiger partial charge in [0.15, 0.2) is 0 Å². The number of benzene rings is 4. The number of morpholine rings is 2. The predicted molar refractivity (Wildman–Crippen MR) is 158 cm³/mol. The van der Waals surface area contributed by atoms with E-state index >= 15 is 0 Å². The van der Waals surface area contributed by atoms with Crippen molar-refractivity contribution in [3.8, 4) is 11.5 Å². The molecule has 0 aromatic heterocycles. The molecule has 2 radical (unpaired) electrons. The van der Waals surface area contributed by atoms with Crippen LogP contribution in [0.3, 0.4) is 0 Å². The molecule has 0 amide bonds. The Labute approximate surface area is 269 Å². The number of aromatic hydroxyl groups is 2. The van der Waals surface area contributed by atoms with E-state index in [0.29, 0.717) is 11.5 Å². The molecule has 2 fully saturated rings. The maximum atomic E-state index is 10.1. The van der Waals surface area contributed by atoms with Crippen LogP contribution < -0.4 is 0 Å². The van der Waals surface area contributed by atoms with Crippen LogP contribution in [0.5, 0.6) is 11.5 Å². The molecule has 0 unspecified atom stereocenters. The number of phenolic OH excluding ortho intramolecular Hbond substituents is 2. The minimum atomic E-state index is 0. The summed E-state index contributed by atoms with van der Waals surface area (Å²) in [6.07, 6.45) is 0. The minimum absolute atomic E-state index is 0. The molecule has 222 valence electrons. The molecule has 6 rings (SSSR count). The molecule has 0 bridgehead atoms. The van der Waals surface area contributed by atoms with Gasteiger partial charge in [-0.05, 0) is 33.7 Å². The molecule has 40 heavy (non-hydrogen) atoms. The molecule has 4 aromatic rings. The summed E-state index contributed by atoms with van der Waals surface area (Å²) >= 11 is 0. The quantitative estimate of drug-likeness (QED) is 0.273. The Kier molecular flexibility index (Phi) is 16.5. The average Bonchev–Trinajstić information content (AvgIpc) is 2.93. The van der Waals surface area contributed by atoms with E-state index in [2.05, 4.69) is 34.1 Å². The monoisotopic (exact) mass is 684 g/mol. The molecule has 2 aliphatic rings. The predicted octanol–water partition coefficient (Wildman–Crippen LogP) is 5.59. The number of nitrogens with zero attached hydrogens (tertiary/aromatic N) is 2. The largest absolute Gasteiger partial charge is 2.00 e. The maximum absolute atomic E-state index is 10.1. The summed E-state index contributed by atoms with van der Waals surface area (Å²) < 4.78 is 10.7. The van der Waals surface area contributed by atoms with Crippen molar-refractivity contribution in [1.29, 1.82) is 0 Å². The van der Waals surface area contributed by atoms with Crippen LogP contribution in [0, 0.1) is 0 Å². The van der Waals surface area contributed by atoms with Gasteiger partial charge >= 0.3 is 34.1 Å². The van der Waals surface area contributed by atoms with Crippen molar-refractivity contribution in [3.05, 3.63) is 83.9 Å². The maximum Gasteiger partial charge on any atom is 2.00 e. The molecule has 0 saturated carbocycles. The van der Waals surface area contributed by atoms with Crippen molar-refractivity contribution < 1.29 is 53.8 Å². The van der Waals surface area contributed by atoms with Crippen LogP contribution in [-0.2, 0) is 56.7 Å². The van der Waals surface area contributed by atoms with Crippen molar-refractivity contribution in [2.45, 2.75) is 13.1 Å². The van der Waals surface area contributed by atoms with Crippen LogP contribution in [0.4, 0.5) is 0 Å². The van der Waals surface area contributed by atoms with Gasteiger partial charge in [-0.25, -0.2) is 0 Å². The summed E-state index contributed by atoms with van der Waals surface area (Å²) in [6, 6.07) is 23.9. The first kappa shape index (κ1) is 36.5. The molecule has 10 heteroatoms. The third-order valence-corrected chi connectivity index (χ3v) is 7.00. The van der Waals surface area contributed by atoms with Crippen LogP contribution in [-0.4, -0.2) is 72.6 Å². The van der Waals surface area contributed by atoms with E-state index in [1.165, 1.54) is 10.8 Å². The van der Waals surface area contributed by atoms with Crippen LogP contribution in [0.25, 0.3) is 21.5 Å². The number of rotatable bonds is 4. The number of hydrogen-bond donors (Lipinski definition) is 2. The first-order valence-corrected chi connectivity index (χ1v) is 12.7.